The van der Waals surface area contributed by atoms with E-state index in [0.717, 1.165) is 10.6 Å². The lowest BCUT2D eigenvalue weighted by molar-refractivity contribution is 0.396. The fourth-order valence-corrected chi connectivity index (χ4v) is 2.12. The van der Waals surface area contributed by atoms with Crippen molar-refractivity contribution in [3.05, 3.63) is 28.8 Å². The average molecular weight is 214 g/mol. The summed E-state index contributed by atoms with van der Waals surface area (Å²) >= 11 is 7.27. The number of thiophene rings is 1. The van der Waals surface area contributed by atoms with Crippen LogP contribution in [0.4, 0.5) is 0 Å². The maximum absolute atomic E-state index is 5.61. The zero-order chi connectivity index (χ0) is 9.26. The maximum Gasteiger partial charge on any atom is 0.152 e. The molecule has 2 nitrogen and oxygen atoms in total. The third-order valence-electron chi connectivity index (χ3n) is 1.79. The smallest absolute Gasteiger partial charge is 0.152 e. The molecule has 2 rings (SSSR count). The third kappa shape index (κ3) is 1.62. The van der Waals surface area contributed by atoms with Gasteiger partial charge in [0.15, 0.2) is 5.76 Å². The van der Waals surface area contributed by atoms with Gasteiger partial charge in [-0.1, -0.05) is 5.16 Å². The fourth-order valence-electron chi connectivity index (χ4n) is 1.12. The minimum absolute atomic E-state index is 0.372. The number of aryl methyl sites for hydroxylation is 1. The SMILES string of the molecule is Cc1ccsc1-c1cc(CCl)on1. The van der Waals surface area contributed by atoms with Crippen molar-refractivity contribution in [3.63, 3.8) is 0 Å². The summed E-state index contributed by atoms with van der Waals surface area (Å²) in [5.41, 5.74) is 2.10. The van der Waals surface area contributed by atoms with Crippen LogP contribution in [-0.4, -0.2) is 5.16 Å². The van der Waals surface area contributed by atoms with E-state index in [2.05, 4.69) is 18.1 Å². The van der Waals surface area contributed by atoms with E-state index in [1.54, 1.807) is 11.3 Å². The van der Waals surface area contributed by atoms with Crippen molar-refractivity contribution in [1.82, 2.24) is 5.16 Å². The van der Waals surface area contributed by atoms with E-state index in [0.29, 0.717) is 11.6 Å². The zero-order valence-corrected chi connectivity index (χ0v) is 8.65. The van der Waals surface area contributed by atoms with E-state index >= 15 is 0 Å². The first-order valence-corrected chi connectivity index (χ1v) is 5.28. The van der Waals surface area contributed by atoms with Gasteiger partial charge in [0.25, 0.3) is 0 Å². The van der Waals surface area contributed by atoms with Crippen LogP contribution in [-0.2, 0) is 5.88 Å². The molecule has 0 aromatic carbocycles. The molecule has 13 heavy (non-hydrogen) atoms. The molecule has 68 valence electrons. The first kappa shape index (κ1) is 8.78. The fraction of sp³-hybridized carbons (Fsp3) is 0.222. The molecule has 0 bridgehead atoms. The van der Waals surface area contributed by atoms with E-state index in [4.69, 9.17) is 16.1 Å². The van der Waals surface area contributed by atoms with E-state index in [-0.39, 0.29) is 0 Å². The van der Waals surface area contributed by atoms with Gasteiger partial charge in [-0.3, -0.25) is 0 Å². The molecule has 0 aliphatic rings. The molecule has 0 saturated heterocycles. The quantitative estimate of drug-likeness (QED) is 0.715. The van der Waals surface area contributed by atoms with Crippen molar-refractivity contribution in [2.45, 2.75) is 12.8 Å². The highest BCUT2D eigenvalue weighted by Gasteiger charge is 2.08. The summed E-state index contributed by atoms with van der Waals surface area (Å²) in [4.78, 5) is 1.15. The topological polar surface area (TPSA) is 26.0 Å². The average Bonchev–Trinajstić information content (AvgIpc) is 2.71. The van der Waals surface area contributed by atoms with E-state index in [1.165, 1.54) is 5.56 Å². The molecule has 0 spiro atoms. The molecule has 2 aromatic heterocycles. The van der Waals surface area contributed by atoms with Crippen LogP contribution in [0.5, 0.6) is 0 Å². The highest BCUT2D eigenvalue weighted by molar-refractivity contribution is 7.13. The predicted octanol–water partition coefficient (Wildman–Crippen LogP) is 3.45. The van der Waals surface area contributed by atoms with E-state index < -0.39 is 0 Å². The second-order valence-electron chi connectivity index (χ2n) is 2.74. The van der Waals surface area contributed by atoms with Crippen LogP contribution in [0.2, 0.25) is 0 Å². The second kappa shape index (κ2) is 3.52. The highest BCUT2D eigenvalue weighted by Crippen LogP contribution is 2.28. The summed E-state index contributed by atoms with van der Waals surface area (Å²) in [6.07, 6.45) is 0. The Kier molecular flexibility index (Phi) is 2.38. The largest absolute Gasteiger partial charge is 0.359 e. The van der Waals surface area contributed by atoms with Gasteiger partial charge in [0.1, 0.15) is 5.69 Å². The Morgan fingerprint density at radius 1 is 1.62 bits per heavy atom. The molecule has 0 fully saturated rings. The number of nitrogens with zero attached hydrogens (tertiary/aromatic N) is 1. The van der Waals surface area contributed by atoms with Gasteiger partial charge in [0.2, 0.25) is 0 Å². The van der Waals surface area contributed by atoms with Gasteiger partial charge in [0, 0.05) is 6.07 Å². The number of hydrogen-bond acceptors (Lipinski definition) is 3. The monoisotopic (exact) mass is 213 g/mol. The molecular weight excluding hydrogens is 206 g/mol. The summed E-state index contributed by atoms with van der Waals surface area (Å²) in [6, 6.07) is 3.95. The normalized spacial score (nSPS) is 10.6. The lowest BCUT2D eigenvalue weighted by Crippen LogP contribution is -1.73. The molecule has 0 amide bonds. The lowest BCUT2D eigenvalue weighted by atomic mass is 10.2. The van der Waals surface area contributed by atoms with Crippen LogP contribution < -0.4 is 0 Å². The van der Waals surface area contributed by atoms with Gasteiger partial charge in [0.05, 0.1) is 10.8 Å². The van der Waals surface area contributed by atoms with Crippen molar-refractivity contribution in [2.24, 2.45) is 0 Å². The molecule has 2 heterocycles. The van der Waals surface area contributed by atoms with Gasteiger partial charge in [-0.05, 0) is 23.9 Å². The zero-order valence-electron chi connectivity index (χ0n) is 7.08. The summed E-state index contributed by atoms with van der Waals surface area (Å²) in [5, 5.41) is 5.98. The molecule has 0 aliphatic carbocycles. The summed E-state index contributed by atoms with van der Waals surface area (Å²) in [5.74, 6) is 1.08. The number of aromatic nitrogens is 1. The first-order chi connectivity index (χ1) is 6.31. The molecule has 0 radical (unpaired) electrons. The van der Waals surface area contributed by atoms with Crippen LogP contribution >= 0.6 is 22.9 Å². The first-order valence-electron chi connectivity index (χ1n) is 3.87. The summed E-state index contributed by atoms with van der Waals surface area (Å²) in [6.45, 7) is 2.06. The van der Waals surface area contributed by atoms with Gasteiger partial charge < -0.3 is 4.52 Å². The molecule has 2 aromatic rings. The van der Waals surface area contributed by atoms with E-state index in [1.807, 2.05) is 11.4 Å². The lowest BCUT2D eigenvalue weighted by Gasteiger charge is -1.89. The molecule has 0 unspecified atom stereocenters. The Bertz CT molecular complexity index is 407. The van der Waals surface area contributed by atoms with Crippen molar-refractivity contribution in [1.29, 1.82) is 0 Å². The van der Waals surface area contributed by atoms with Crippen molar-refractivity contribution in [2.75, 3.05) is 0 Å². The Balaban J connectivity index is 2.41. The van der Waals surface area contributed by atoms with Gasteiger partial charge >= 0.3 is 0 Å². The van der Waals surface area contributed by atoms with E-state index in [9.17, 15) is 0 Å². The Labute approximate surface area is 85.1 Å². The van der Waals surface area contributed by atoms with Crippen molar-refractivity contribution < 1.29 is 4.52 Å². The van der Waals surface area contributed by atoms with Gasteiger partial charge in [-0.15, -0.1) is 22.9 Å². The predicted molar refractivity (Wildman–Crippen MR) is 54.1 cm³/mol. The summed E-state index contributed by atoms with van der Waals surface area (Å²) in [7, 11) is 0. The molecule has 0 atom stereocenters. The second-order valence-corrected chi connectivity index (χ2v) is 3.93. The molecule has 0 aliphatic heterocycles. The minimum Gasteiger partial charge on any atom is -0.359 e. The van der Waals surface area contributed by atoms with Gasteiger partial charge in [-0.2, -0.15) is 0 Å². The third-order valence-corrected chi connectivity index (χ3v) is 3.09. The maximum atomic E-state index is 5.61. The molecular formula is C9H8ClNOS. The molecule has 0 saturated carbocycles. The molecule has 4 heteroatoms. The number of rotatable bonds is 2. The van der Waals surface area contributed by atoms with Crippen LogP contribution in [0, 0.1) is 6.92 Å². The Morgan fingerprint density at radius 2 is 2.46 bits per heavy atom. The van der Waals surface area contributed by atoms with Crippen LogP contribution in [0.15, 0.2) is 22.0 Å². The number of hydrogen-bond donors (Lipinski definition) is 0. The van der Waals surface area contributed by atoms with Crippen LogP contribution in [0.25, 0.3) is 10.6 Å². The number of halogens is 1. The standard InChI is InChI=1S/C9H8ClNOS/c1-6-2-3-13-9(6)8-4-7(5-10)12-11-8/h2-4H,5H2,1H3. The highest BCUT2D eigenvalue weighted by atomic mass is 35.5. The minimum atomic E-state index is 0.372. The van der Waals surface area contributed by atoms with Crippen molar-refractivity contribution in [3.8, 4) is 10.6 Å². The summed E-state index contributed by atoms with van der Waals surface area (Å²) < 4.78 is 5.02. The Morgan fingerprint density at radius 3 is 3.00 bits per heavy atom. The van der Waals surface area contributed by atoms with Crippen LogP contribution in [0.1, 0.15) is 11.3 Å². The number of alkyl halides is 1. The van der Waals surface area contributed by atoms with Crippen LogP contribution in [0.3, 0.4) is 0 Å². The molecule has 0 N–H and O–H groups in total. The Hall–Kier alpha value is -0.800. The van der Waals surface area contributed by atoms with Gasteiger partial charge in [-0.25, -0.2) is 0 Å². The van der Waals surface area contributed by atoms with Crippen molar-refractivity contribution >= 4 is 22.9 Å².